The van der Waals surface area contributed by atoms with Gasteiger partial charge in [0, 0.05) is 38.5 Å². The van der Waals surface area contributed by atoms with Crippen molar-refractivity contribution in [2.45, 2.75) is 57.2 Å². The smallest absolute Gasteiger partial charge is 0.325 e. The minimum absolute atomic E-state index is 0.0145. The van der Waals surface area contributed by atoms with Crippen LogP contribution in [0, 0.1) is 11.8 Å². The molecule has 1 aromatic carbocycles. The number of rotatable bonds is 7. The number of amides is 5. The van der Waals surface area contributed by atoms with Crippen LogP contribution in [0.3, 0.4) is 0 Å². The first-order valence-electron chi connectivity index (χ1n) is 12.8. The zero-order chi connectivity index (χ0) is 25.4. The maximum Gasteiger partial charge on any atom is 0.325 e. The number of hydrogen-bond donors (Lipinski definition) is 1. The fourth-order valence-corrected chi connectivity index (χ4v) is 6.32. The van der Waals surface area contributed by atoms with Crippen molar-refractivity contribution in [3.63, 3.8) is 0 Å². The number of hydrogen-bond acceptors (Lipinski definition) is 6. The van der Waals surface area contributed by atoms with E-state index in [4.69, 9.17) is 9.47 Å². The summed E-state index contributed by atoms with van der Waals surface area (Å²) in [5.74, 6) is 1.69. The maximum atomic E-state index is 13.1. The van der Waals surface area contributed by atoms with E-state index in [-0.39, 0.29) is 43.1 Å². The Bertz CT molecular complexity index is 1060. The van der Waals surface area contributed by atoms with Crippen LogP contribution in [0.2, 0.25) is 0 Å². The molecule has 1 aromatic rings. The molecule has 3 unspecified atom stereocenters. The Morgan fingerprint density at radius 1 is 1.08 bits per heavy atom. The van der Waals surface area contributed by atoms with Crippen LogP contribution >= 0.6 is 0 Å². The van der Waals surface area contributed by atoms with Crippen molar-refractivity contribution in [2.24, 2.45) is 11.8 Å². The van der Waals surface area contributed by atoms with Gasteiger partial charge in [0.15, 0.2) is 11.5 Å². The summed E-state index contributed by atoms with van der Waals surface area (Å²) in [5, 5.41) is 2.73. The lowest BCUT2D eigenvalue weighted by atomic mass is 9.76. The number of carbonyl (C=O) groups is 4. The summed E-state index contributed by atoms with van der Waals surface area (Å²) in [6, 6.07) is 4.34. The maximum absolute atomic E-state index is 13.1. The van der Waals surface area contributed by atoms with Gasteiger partial charge in [-0.05, 0) is 55.2 Å². The molecule has 0 aromatic heterocycles. The van der Waals surface area contributed by atoms with E-state index in [0.29, 0.717) is 42.8 Å². The second-order valence-electron chi connectivity index (χ2n) is 10.3. The van der Waals surface area contributed by atoms with E-state index in [0.717, 1.165) is 31.4 Å². The fourth-order valence-electron chi connectivity index (χ4n) is 6.32. The second kappa shape index (κ2) is 9.99. The number of fused-ring (bicyclic) bond motifs is 4. The Hall–Kier alpha value is -3.30. The third-order valence-electron chi connectivity index (χ3n) is 8.08. The first-order valence-corrected chi connectivity index (χ1v) is 12.8. The Labute approximate surface area is 210 Å². The van der Waals surface area contributed by atoms with Crippen LogP contribution in [0.25, 0.3) is 0 Å². The molecule has 4 aliphatic heterocycles. The zero-order valence-corrected chi connectivity index (χ0v) is 20.9. The molecule has 0 radical (unpaired) electrons. The molecule has 4 aliphatic rings. The first-order chi connectivity index (χ1) is 17.4. The van der Waals surface area contributed by atoms with Gasteiger partial charge in [-0.3, -0.25) is 19.3 Å². The van der Waals surface area contributed by atoms with Gasteiger partial charge >= 0.3 is 6.03 Å². The molecule has 194 valence electrons. The standard InChI is InChI=1S/C26H34N4O6/c1-35-21-8-6-16(11-22(21)36-2)13-30-25(33)19(27-26(30)34)7-9-23(31)28-12-17-10-18(15-28)20-4-3-5-24(32)29(20)14-17/h6,8,11,17-20H,3-5,7,9-10,12-15H2,1-2H3,(H,27,34)/t17?,18?,19-,20?/m0/s1. The van der Waals surface area contributed by atoms with Crippen molar-refractivity contribution in [3.8, 4) is 11.5 Å². The minimum Gasteiger partial charge on any atom is -0.493 e. The van der Waals surface area contributed by atoms with E-state index in [9.17, 15) is 19.2 Å². The topological polar surface area (TPSA) is 108 Å². The van der Waals surface area contributed by atoms with Crippen molar-refractivity contribution in [3.05, 3.63) is 23.8 Å². The molecule has 4 atom stereocenters. The van der Waals surface area contributed by atoms with Crippen LogP contribution in [0.4, 0.5) is 4.79 Å². The number of urea groups is 1. The SMILES string of the molecule is COc1ccc(CN2C(=O)N[C@@H](CCC(=O)N3CC4CC(C3)C3CCCC(=O)N3C4)C2=O)cc1OC. The Morgan fingerprint density at radius 2 is 1.89 bits per heavy atom. The largest absolute Gasteiger partial charge is 0.493 e. The first kappa shape index (κ1) is 24.4. The van der Waals surface area contributed by atoms with Crippen LogP contribution in [0.5, 0.6) is 11.5 Å². The molecule has 0 saturated carbocycles. The summed E-state index contributed by atoms with van der Waals surface area (Å²) in [7, 11) is 3.07. The Morgan fingerprint density at radius 3 is 2.67 bits per heavy atom. The highest BCUT2D eigenvalue weighted by molar-refractivity contribution is 6.04. The lowest BCUT2D eigenvalue weighted by Crippen LogP contribution is -2.61. The summed E-state index contributed by atoms with van der Waals surface area (Å²) in [6.07, 6.45) is 4.13. The van der Waals surface area contributed by atoms with Crippen molar-refractivity contribution < 1.29 is 28.7 Å². The highest BCUT2D eigenvalue weighted by Gasteiger charge is 2.45. The summed E-state index contributed by atoms with van der Waals surface area (Å²) in [6.45, 7) is 2.18. The third-order valence-corrected chi connectivity index (χ3v) is 8.08. The molecule has 5 rings (SSSR count). The van der Waals surface area contributed by atoms with Crippen LogP contribution in [-0.2, 0) is 20.9 Å². The molecule has 4 heterocycles. The number of piperidine rings is 3. The molecule has 4 fully saturated rings. The van der Waals surface area contributed by atoms with Crippen molar-refractivity contribution in [2.75, 3.05) is 33.9 Å². The monoisotopic (exact) mass is 498 g/mol. The number of ether oxygens (including phenoxy) is 2. The average Bonchev–Trinajstić information content (AvgIpc) is 3.15. The predicted octanol–water partition coefficient (Wildman–Crippen LogP) is 1.76. The molecule has 36 heavy (non-hydrogen) atoms. The van der Waals surface area contributed by atoms with Crippen molar-refractivity contribution >= 4 is 23.8 Å². The van der Waals surface area contributed by atoms with Gasteiger partial charge < -0.3 is 24.6 Å². The summed E-state index contributed by atoms with van der Waals surface area (Å²) in [5.41, 5.74) is 0.739. The lowest BCUT2D eigenvalue weighted by molar-refractivity contribution is -0.148. The minimum atomic E-state index is -0.711. The Kier molecular flexibility index (Phi) is 6.77. The number of imide groups is 1. The number of benzene rings is 1. The van der Waals surface area contributed by atoms with Crippen LogP contribution in [-0.4, -0.2) is 84.4 Å². The van der Waals surface area contributed by atoms with Gasteiger partial charge in [0.25, 0.3) is 5.91 Å². The van der Waals surface area contributed by atoms with Gasteiger partial charge in [-0.1, -0.05) is 6.07 Å². The number of nitrogens with zero attached hydrogens (tertiary/aromatic N) is 3. The molecule has 1 N–H and O–H groups in total. The molecule has 2 bridgehead atoms. The van der Waals surface area contributed by atoms with Gasteiger partial charge in [-0.25, -0.2) is 4.79 Å². The molecule has 10 nitrogen and oxygen atoms in total. The molecular formula is C26H34N4O6. The molecule has 0 spiro atoms. The van der Waals surface area contributed by atoms with Crippen molar-refractivity contribution in [1.82, 2.24) is 20.0 Å². The van der Waals surface area contributed by atoms with E-state index in [2.05, 4.69) is 10.2 Å². The van der Waals surface area contributed by atoms with Crippen LogP contribution in [0.15, 0.2) is 18.2 Å². The number of carbonyl (C=O) groups excluding carboxylic acids is 4. The number of nitrogens with one attached hydrogen (secondary N) is 1. The van der Waals surface area contributed by atoms with E-state index < -0.39 is 12.1 Å². The van der Waals surface area contributed by atoms with Gasteiger partial charge in [0.2, 0.25) is 11.8 Å². The quantitative estimate of drug-likeness (QED) is 0.574. The number of methoxy groups -OCH3 is 2. The van der Waals surface area contributed by atoms with Crippen molar-refractivity contribution in [1.29, 1.82) is 0 Å². The molecule has 10 heteroatoms. The lowest BCUT2D eigenvalue weighted by Gasteiger charge is -2.52. The summed E-state index contributed by atoms with van der Waals surface area (Å²) >= 11 is 0. The highest BCUT2D eigenvalue weighted by atomic mass is 16.5. The molecular weight excluding hydrogens is 464 g/mol. The molecule has 4 saturated heterocycles. The van der Waals surface area contributed by atoms with E-state index >= 15 is 0 Å². The van der Waals surface area contributed by atoms with Crippen LogP contribution in [0.1, 0.15) is 44.1 Å². The summed E-state index contributed by atoms with van der Waals surface area (Å²) < 4.78 is 10.6. The van der Waals surface area contributed by atoms with Crippen LogP contribution < -0.4 is 14.8 Å². The number of likely N-dealkylation sites (tertiary alicyclic amines) is 1. The van der Waals surface area contributed by atoms with Gasteiger partial charge in [-0.2, -0.15) is 0 Å². The normalized spacial score (nSPS) is 27.6. The second-order valence-corrected chi connectivity index (χ2v) is 10.3. The highest BCUT2D eigenvalue weighted by Crippen LogP contribution is 2.38. The average molecular weight is 499 g/mol. The van der Waals surface area contributed by atoms with E-state index in [1.165, 1.54) is 12.0 Å². The predicted molar refractivity (Wildman–Crippen MR) is 129 cm³/mol. The van der Waals surface area contributed by atoms with Gasteiger partial charge in [0.05, 0.1) is 20.8 Å². The zero-order valence-electron chi connectivity index (χ0n) is 20.9. The molecule has 0 aliphatic carbocycles. The van der Waals surface area contributed by atoms with E-state index in [1.54, 1.807) is 25.3 Å². The summed E-state index contributed by atoms with van der Waals surface area (Å²) in [4.78, 5) is 56.1. The molecule has 5 amide bonds. The third kappa shape index (κ3) is 4.60. The fraction of sp³-hybridized carbons (Fsp3) is 0.615. The van der Waals surface area contributed by atoms with E-state index in [1.807, 2.05) is 4.90 Å². The van der Waals surface area contributed by atoms with Gasteiger partial charge in [0.1, 0.15) is 6.04 Å². The van der Waals surface area contributed by atoms with Gasteiger partial charge in [-0.15, -0.1) is 0 Å². The Balaban J connectivity index is 1.16.